The van der Waals surface area contributed by atoms with E-state index in [0.29, 0.717) is 24.7 Å². The van der Waals surface area contributed by atoms with Crippen LogP contribution in [0.5, 0.6) is 17.2 Å². The Balaban J connectivity index is 1.76. The number of methoxy groups -OCH3 is 2. The Labute approximate surface area is 151 Å². The second-order valence-electron chi connectivity index (χ2n) is 5.83. The van der Waals surface area contributed by atoms with E-state index in [1.807, 2.05) is 6.07 Å². The Hall–Kier alpha value is -2.47. The third kappa shape index (κ3) is 3.64. The van der Waals surface area contributed by atoms with Crippen LogP contribution in [-0.4, -0.2) is 41.7 Å². The number of hydrogen-bond donors (Lipinski definition) is 1. The van der Waals surface area contributed by atoms with Gasteiger partial charge in [-0.3, -0.25) is 4.79 Å². The second kappa shape index (κ2) is 7.19. The molecular formula is C18H19ClN2O4. The van der Waals surface area contributed by atoms with Crippen molar-refractivity contribution < 1.29 is 19.4 Å². The molecule has 132 valence electrons. The molecule has 6 nitrogen and oxygen atoms in total. The van der Waals surface area contributed by atoms with Crippen molar-refractivity contribution in [1.82, 2.24) is 9.88 Å². The molecule has 7 heteroatoms. The van der Waals surface area contributed by atoms with Crippen molar-refractivity contribution in [3.05, 3.63) is 46.2 Å². The number of benzene rings is 1. The van der Waals surface area contributed by atoms with Crippen molar-refractivity contribution in [2.24, 2.45) is 0 Å². The van der Waals surface area contributed by atoms with Crippen LogP contribution in [0, 0.1) is 0 Å². The smallest absolute Gasteiger partial charge is 0.227 e. The average Bonchev–Trinajstić information content (AvgIpc) is 2.62. The zero-order valence-electron chi connectivity index (χ0n) is 14.1. The highest BCUT2D eigenvalue weighted by Crippen LogP contribution is 2.37. The lowest BCUT2D eigenvalue weighted by molar-refractivity contribution is -0.131. The maximum absolute atomic E-state index is 12.7. The maximum atomic E-state index is 12.7. The fourth-order valence-electron chi connectivity index (χ4n) is 2.94. The molecule has 1 amide bonds. The fraction of sp³-hybridized carbons (Fsp3) is 0.333. The minimum absolute atomic E-state index is 0.00426. The molecule has 2 heterocycles. The lowest BCUT2D eigenvalue weighted by atomic mass is 10.0. The van der Waals surface area contributed by atoms with Crippen molar-refractivity contribution in [2.75, 3.05) is 20.8 Å². The zero-order valence-corrected chi connectivity index (χ0v) is 14.8. The van der Waals surface area contributed by atoms with Crippen molar-refractivity contribution in [2.45, 2.75) is 19.4 Å². The quantitative estimate of drug-likeness (QED) is 0.846. The first kappa shape index (κ1) is 17.4. The summed E-state index contributed by atoms with van der Waals surface area (Å²) in [6.45, 7) is 1.12. The lowest BCUT2D eigenvalue weighted by Gasteiger charge is -2.28. The van der Waals surface area contributed by atoms with Gasteiger partial charge in [-0.05, 0) is 29.3 Å². The Kier molecular flexibility index (Phi) is 4.99. The lowest BCUT2D eigenvalue weighted by Crippen LogP contribution is -2.37. The summed E-state index contributed by atoms with van der Waals surface area (Å²) in [6, 6.07) is 6.95. The fourth-order valence-corrected chi connectivity index (χ4v) is 3.10. The number of carbonyl (C=O) groups excluding carboxylic acids is 1. The molecule has 0 aliphatic carbocycles. The third-order valence-electron chi connectivity index (χ3n) is 4.26. The molecule has 0 saturated carbocycles. The van der Waals surface area contributed by atoms with Crippen LogP contribution in [0.3, 0.4) is 0 Å². The summed E-state index contributed by atoms with van der Waals surface area (Å²) in [7, 11) is 2.92. The molecule has 2 aromatic rings. The van der Waals surface area contributed by atoms with Gasteiger partial charge in [-0.1, -0.05) is 17.7 Å². The van der Waals surface area contributed by atoms with Crippen molar-refractivity contribution >= 4 is 17.5 Å². The van der Waals surface area contributed by atoms with E-state index in [9.17, 15) is 9.90 Å². The van der Waals surface area contributed by atoms with E-state index < -0.39 is 0 Å². The molecule has 0 unspecified atom stereocenters. The van der Waals surface area contributed by atoms with Crippen LogP contribution < -0.4 is 9.47 Å². The van der Waals surface area contributed by atoms with Gasteiger partial charge in [0.05, 0.1) is 20.6 Å². The zero-order chi connectivity index (χ0) is 18.0. The monoisotopic (exact) mass is 362 g/mol. The highest BCUT2D eigenvalue weighted by molar-refractivity contribution is 6.29. The molecule has 0 bridgehead atoms. The molecular weight excluding hydrogens is 344 g/mol. The van der Waals surface area contributed by atoms with Crippen LogP contribution in [0.25, 0.3) is 0 Å². The van der Waals surface area contributed by atoms with Crippen LogP contribution in [0.1, 0.15) is 16.8 Å². The van der Waals surface area contributed by atoms with Crippen molar-refractivity contribution in [3.8, 4) is 17.2 Å². The van der Waals surface area contributed by atoms with E-state index in [0.717, 1.165) is 16.8 Å². The molecule has 1 aliphatic heterocycles. The van der Waals surface area contributed by atoms with E-state index in [1.165, 1.54) is 14.2 Å². The molecule has 25 heavy (non-hydrogen) atoms. The Morgan fingerprint density at radius 2 is 1.96 bits per heavy atom. The van der Waals surface area contributed by atoms with Crippen LogP contribution in [0.2, 0.25) is 5.15 Å². The van der Waals surface area contributed by atoms with Crippen LogP contribution >= 0.6 is 11.6 Å². The Morgan fingerprint density at radius 1 is 1.28 bits per heavy atom. The average molecular weight is 363 g/mol. The van der Waals surface area contributed by atoms with Gasteiger partial charge in [0.1, 0.15) is 5.15 Å². The summed E-state index contributed by atoms with van der Waals surface area (Å²) in [5.74, 6) is 0.487. The van der Waals surface area contributed by atoms with E-state index in [2.05, 4.69) is 4.98 Å². The number of aromatic hydroxyl groups is 1. The number of halogens is 1. The number of ether oxygens (including phenoxy) is 2. The van der Waals surface area contributed by atoms with Gasteiger partial charge < -0.3 is 19.5 Å². The number of phenols is 1. The first-order chi connectivity index (χ1) is 12.0. The highest BCUT2D eigenvalue weighted by atomic mass is 35.5. The van der Waals surface area contributed by atoms with E-state index in [1.54, 1.807) is 23.1 Å². The van der Waals surface area contributed by atoms with Gasteiger partial charge in [0, 0.05) is 25.2 Å². The van der Waals surface area contributed by atoms with Gasteiger partial charge in [-0.2, -0.15) is 0 Å². The van der Waals surface area contributed by atoms with Gasteiger partial charge in [0.25, 0.3) is 0 Å². The molecule has 0 atom stereocenters. The van der Waals surface area contributed by atoms with E-state index in [-0.39, 0.29) is 29.6 Å². The molecule has 0 fully saturated rings. The largest absolute Gasteiger partial charge is 0.502 e. The molecule has 1 aliphatic rings. The van der Waals surface area contributed by atoms with E-state index >= 15 is 0 Å². The normalized spacial score (nSPS) is 13.3. The predicted octanol–water partition coefficient (Wildman–Crippen LogP) is 2.59. The molecule has 1 N–H and O–H groups in total. The summed E-state index contributed by atoms with van der Waals surface area (Å²) < 4.78 is 10.3. The molecule has 0 spiro atoms. The maximum Gasteiger partial charge on any atom is 0.227 e. The van der Waals surface area contributed by atoms with Gasteiger partial charge in [0.15, 0.2) is 11.5 Å². The summed E-state index contributed by atoms with van der Waals surface area (Å²) in [4.78, 5) is 18.8. The van der Waals surface area contributed by atoms with Crippen molar-refractivity contribution in [3.63, 3.8) is 0 Å². The highest BCUT2D eigenvalue weighted by Gasteiger charge is 2.22. The number of rotatable bonds is 4. The predicted molar refractivity (Wildman–Crippen MR) is 93.3 cm³/mol. The van der Waals surface area contributed by atoms with Crippen LogP contribution in [-0.2, 0) is 24.2 Å². The number of hydrogen-bond acceptors (Lipinski definition) is 5. The van der Waals surface area contributed by atoms with Crippen molar-refractivity contribution in [1.29, 1.82) is 0 Å². The minimum atomic E-state index is -0.0731. The standard InChI is InChI=1S/C18H19ClN2O4/c1-24-14-7-11(8-15(25-2)18(14)23)9-17(22)21-6-5-13-12(10-21)3-4-16(19)20-13/h3-4,7-8,23H,5-6,9-10H2,1-2H3. The Bertz CT molecular complexity index is 785. The first-order valence-electron chi connectivity index (χ1n) is 7.87. The van der Waals surface area contributed by atoms with E-state index in [4.69, 9.17) is 21.1 Å². The van der Waals surface area contributed by atoms with Gasteiger partial charge in [-0.25, -0.2) is 4.98 Å². The number of pyridine rings is 1. The molecule has 0 radical (unpaired) electrons. The number of fused-ring (bicyclic) bond motifs is 1. The summed E-state index contributed by atoms with van der Waals surface area (Å²) >= 11 is 5.92. The number of phenolic OH excluding ortho intramolecular Hbond substituents is 1. The minimum Gasteiger partial charge on any atom is -0.502 e. The number of nitrogens with zero attached hydrogens (tertiary/aromatic N) is 2. The molecule has 1 aromatic heterocycles. The van der Waals surface area contributed by atoms with Crippen LogP contribution in [0.15, 0.2) is 24.3 Å². The number of amides is 1. The summed E-state index contributed by atoms with van der Waals surface area (Å²) in [5.41, 5.74) is 2.69. The summed E-state index contributed by atoms with van der Waals surface area (Å²) in [5, 5.41) is 10.4. The summed E-state index contributed by atoms with van der Waals surface area (Å²) in [6.07, 6.45) is 0.882. The van der Waals surface area contributed by atoms with Gasteiger partial charge in [-0.15, -0.1) is 0 Å². The number of aromatic nitrogens is 1. The molecule has 1 aromatic carbocycles. The second-order valence-corrected chi connectivity index (χ2v) is 6.22. The number of carbonyl (C=O) groups is 1. The topological polar surface area (TPSA) is 71.9 Å². The van der Waals surface area contributed by atoms with Gasteiger partial charge in [0.2, 0.25) is 11.7 Å². The third-order valence-corrected chi connectivity index (χ3v) is 4.47. The SMILES string of the molecule is COc1cc(CC(=O)N2CCc3nc(Cl)ccc3C2)cc(OC)c1O. The first-order valence-corrected chi connectivity index (χ1v) is 8.25. The molecule has 3 rings (SSSR count). The molecule has 0 saturated heterocycles. The van der Waals surface area contributed by atoms with Crippen LogP contribution in [0.4, 0.5) is 0 Å². The Morgan fingerprint density at radius 3 is 2.60 bits per heavy atom. The van der Waals surface area contributed by atoms with Gasteiger partial charge >= 0.3 is 0 Å².